The molecule has 0 aliphatic carbocycles. The van der Waals surface area contributed by atoms with Crippen LogP contribution in [-0.4, -0.2) is 37.6 Å². The maximum atomic E-state index is 12.5. The van der Waals surface area contributed by atoms with E-state index in [2.05, 4.69) is 27.7 Å². The summed E-state index contributed by atoms with van der Waals surface area (Å²) in [4.78, 5) is 16.4. The number of amides is 1. The number of carbonyl (C=O) groups is 1. The number of likely N-dealkylation sites (tertiary alicyclic amines) is 1. The molecule has 0 spiro atoms. The van der Waals surface area contributed by atoms with Crippen molar-refractivity contribution in [2.45, 2.75) is 19.4 Å². The van der Waals surface area contributed by atoms with Crippen LogP contribution in [0.25, 0.3) is 0 Å². The van der Waals surface area contributed by atoms with Crippen LogP contribution in [0.5, 0.6) is 5.75 Å². The number of hydrogen-bond donors (Lipinski definition) is 2. The Bertz CT molecular complexity index is 751. The average molecular weight is 467 g/mol. The van der Waals surface area contributed by atoms with E-state index in [1.807, 2.05) is 0 Å². The molecule has 5 nitrogen and oxygen atoms in total. The summed E-state index contributed by atoms with van der Waals surface area (Å²) in [6, 6.07) is 7.43. The molecule has 28 heavy (non-hydrogen) atoms. The molecule has 1 fully saturated rings. The number of rotatable bonds is 6. The molecule has 0 saturated carbocycles. The van der Waals surface area contributed by atoms with Gasteiger partial charge in [0.15, 0.2) is 0 Å². The first-order chi connectivity index (χ1) is 12.6. The summed E-state index contributed by atoms with van der Waals surface area (Å²) >= 11 is 7.85. The topological polar surface area (TPSA) is 67.6 Å². The molecule has 2 heterocycles. The number of halogens is 3. The van der Waals surface area contributed by atoms with Crippen molar-refractivity contribution in [3.05, 3.63) is 45.1 Å². The molecule has 1 saturated heterocycles. The fourth-order valence-corrected chi connectivity index (χ4v) is 4.13. The van der Waals surface area contributed by atoms with Crippen molar-refractivity contribution >= 4 is 59.3 Å². The SMILES string of the molecule is COc1cc(N)c(Cl)cc1C(=O)NCC1CCN(Cc2cccs2)CC1.Cl.Cl. The van der Waals surface area contributed by atoms with Crippen molar-refractivity contribution in [2.75, 3.05) is 32.5 Å². The molecule has 3 rings (SSSR count). The van der Waals surface area contributed by atoms with Crippen molar-refractivity contribution in [2.24, 2.45) is 5.92 Å². The van der Waals surface area contributed by atoms with Crippen LogP contribution in [0.4, 0.5) is 5.69 Å². The fourth-order valence-electron chi connectivity index (χ4n) is 3.22. The van der Waals surface area contributed by atoms with Crippen LogP contribution in [-0.2, 0) is 6.54 Å². The molecule has 3 N–H and O–H groups in total. The second kappa shape index (κ2) is 11.7. The highest BCUT2D eigenvalue weighted by atomic mass is 35.5. The zero-order chi connectivity index (χ0) is 18.5. The molecular formula is C19H26Cl3N3O2S. The van der Waals surface area contributed by atoms with Crippen molar-refractivity contribution in [1.82, 2.24) is 10.2 Å². The number of nitrogen functional groups attached to an aromatic ring is 1. The summed E-state index contributed by atoms with van der Waals surface area (Å²) in [5.74, 6) is 0.758. The van der Waals surface area contributed by atoms with Gasteiger partial charge in [-0.2, -0.15) is 0 Å². The van der Waals surface area contributed by atoms with Gasteiger partial charge in [-0.05, 0) is 49.4 Å². The monoisotopic (exact) mass is 465 g/mol. The van der Waals surface area contributed by atoms with Crippen molar-refractivity contribution in [1.29, 1.82) is 0 Å². The van der Waals surface area contributed by atoms with E-state index in [0.717, 1.165) is 32.5 Å². The summed E-state index contributed by atoms with van der Waals surface area (Å²) in [7, 11) is 1.52. The molecule has 2 aromatic rings. The number of nitrogens with one attached hydrogen (secondary N) is 1. The Hall–Kier alpha value is -1.18. The molecule has 0 radical (unpaired) electrons. The Kier molecular flexibility index (Phi) is 10.4. The predicted molar refractivity (Wildman–Crippen MR) is 122 cm³/mol. The highest BCUT2D eigenvalue weighted by molar-refractivity contribution is 7.09. The van der Waals surface area contributed by atoms with Crippen LogP contribution >= 0.6 is 47.8 Å². The number of thiophene rings is 1. The van der Waals surface area contributed by atoms with Gasteiger partial charge < -0.3 is 15.8 Å². The third-order valence-electron chi connectivity index (χ3n) is 4.78. The molecule has 1 aliphatic heterocycles. The fraction of sp³-hybridized carbons (Fsp3) is 0.421. The Morgan fingerprint density at radius 2 is 2.07 bits per heavy atom. The molecule has 9 heteroatoms. The first-order valence-electron chi connectivity index (χ1n) is 8.72. The van der Waals surface area contributed by atoms with Crippen LogP contribution in [0.15, 0.2) is 29.6 Å². The number of methoxy groups -OCH3 is 1. The van der Waals surface area contributed by atoms with Crippen molar-refractivity contribution in [3.8, 4) is 5.75 Å². The highest BCUT2D eigenvalue weighted by Gasteiger charge is 2.21. The Balaban J connectivity index is 0.00000196. The van der Waals surface area contributed by atoms with E-state index in [-0.39, 0.29) is 30.7 Å². The van der Waals surface area contributed by atoms with Gasteiger partial charge in [0.25, 0.3) is 5.91 Å². The normalized spacial score (nSPS) is 14.6. The van der Waals surface area contributed by atoms with Crippen LogP contribution in [0.1, 0.15) is 28.1 Å². The lowest BCUT2D eigenvalue weighted by atomic mass is 9.96. The van der Waals surface area contributed by atoms with Gasteiger partial charge in [0.1, 0.15) is 5.75 Å². The Labute approximate surface area is 187 Å². The highest BCUT2D eigenvalue weighted by Crippen LogP contribution is 2.29. The summed E-state index contributed by atoms with van der Waals surface area (Å²) < 4.78 is 5.25. The van der Waals surface area contributed by atoms with Gasteiger partial charge in [0.2, 0.25) is 0 Å². The van der Waals surface area contributed by atoms with E-state index in [4.69, 9.17) is 22.1 Å². The summed E-state index contributed by atoms with van der Waals surface area (Å²) in [6.07, 6.45) is 2.18. The lowest BCUT2D eigenvalue weighted by molar-refractivity contribution is 0.0932. The zero-order valence-electron chi connectivity index (χ0n) is 15.7. The van der Waals surface area contributed by atoms with Crippen LogP contribution in [0.2, 0.25) is 5.02 Å². The lowest BCUT2D eigenvalue weighted by Crippen LogP contribution is -2.38. The number of ether oxygens (including phenoxy) is 1. The van der Waals surface area contributed by atoms with E-state index in [0.29, 0.717) is 34.5 Å². The van der Waals surface area contributed by atoms with Gasteiger partial charge in [-0.25, -0.2) is 0 Å². The second-order valence-corrected chi connectivity index (χ2v) is 8.02. The molecule has 1 aromatic carbocycles. The minimum absolute atomic E-state index is 0. The smallest absolute Gasteiger partial charge is 0.255 e. The molecule has 0 bridgehead atoms. The Morgan fingerprint density at radius 1 is 1.36 bits per heavy atom. The number of piperidine rings is 1. The van der Waals surface area contributed by atoms with E-state index in [1.54, 1.807) is 23.5 Å². The minimum Gasteiger partial charge on any atom is -0.496 e. The third-order valence-corrected chi connectivity index (χ3v) is 5.97. The number of hydrogen-bond acceptors (Lipinski definition) is 5. The average Bonchev–Trinajstić information content (AvgIpc) is 3.15. The van der Waals surface area contributed by atoms with Gasteiger partial charge in [0.05, 0.1) is 23.4 Å². The number of benzene rings is 1. The molecule has 1 aromatic heterocycles. The van der Waals surface area contributed by atoms with Gasteiger partial charge in [-0.3, -0.25) is 9.69 Å². The molecule has 0 atom stereocenters. The van der Waals surface area contributed by atoms with Crippen LogP contribution in [0.3, 0.4) is 0 Å². The Morgan fingerprint density at radius 3 is 2.68 bits per heavy atom. The quantitative estimate of drug-likeness (QED) is 0.616. The summed E-state index contributed by atoms with van der Waals surface area (Å²) in [6.45, 7) is 3.82. The number of carbonyl (C=O) groups excluding carboxylic acids is 1. The van der Waals surface area contributed by atoms with E-state index in [9.17, 15) is 4.79 Å². The van der Waals surface area contributed by atoms with Crippen molar-refractivity contribution < 1.29 is 9.53 Å². The molecule has 1 aliphatic rings. The standard InChI is InChI=1S/C19H24ClN3O2S.2ClH/c1-25-18-10-17(21)16(20)9-15(18)19(24)22-11-13-4-6-23(7-5-13)12-14-3-2-8-26-14;;/h2-3,8-10,13H,4-7,11-12,21H2,1H3,(H,22,24);2*1H. The van der Waals surface area contributed by atoms with E-state index < -0.39 is 0 Å². The summed E-state index contributed by atoms with van der Waals surface area (Å²) in [5.41, 5.74) is 6.59. The maximum absolute atomic E-state index is 12.5. The molecular weight excluding hydrogens is 441 g/mol. The number of nitrogens with two attached hydrogens (primary N) is 1. The largest absolute Gasteiger partial charge is 0.496 e. The maximum Gasteiger partial charge on any atom is 0.255 e. The first kappa shape index (κ1) is 24.9. The van der Waals surface area contributed by atoms with Crippen molar-refractivity contribution in [3.63, 3.8) is 0 Å². The summed E-state index contributed by atoms with van der Waals surface area (Å²) in [5, 5.41) is 5.50. The van der Waals surface area contributed by atoms with Crippen LogP contribution in [0, 0.1) is 5.92 Å². The van der Waals surface area contributed by atoms with Gasteiger partial charge >= 0.3 is 0 Å². The lowest BCUT2D eigenvalue weighted by Gasteiger charge is -2.31. The zero-order valence-corrected chi connectivity index (χ0v) is 18.9. The molecule has 1 amide bonds. The third kappa shape index (κ3) is 6.42. The van der Waals surface area contributed by atoms with Gasteiger partial charge in [0, 0.05) is 24.0 Å². The minimum atomic E-state index is -0.176. The molecule has 0 unspecified atom stereocenters. The molecule has 156 valence electrons. The number of anilines is 1. The van der Waals surface area contributed by atoms with Gasteiger partial charge in [-0.15, -0.1) is 36.2 Å². The second-order valence-electron chi connectivity index (χ2n) is 6.58. The van der Waals surface area contributed by atoms with E-state index >= 15 is 0 Å². The van der Waals surface area contributed by atoms with Gasteiger partial charge in [-0.1, -0.05) is 17.7 Å². The first-order valence-corrected chi connectivity index (χ1v) is 9.98. The van der Waals surface area contributed by atoms with Crippen LogP contribution < -0.4 is 15.8 Å². The van der Waals surface area contributed by atoms with E-state index in [1.165, 1.54) is 12.0 Å². The predicted octanol–water partition coefficient (Wildman–Crippen LogP) is 4.48. The number of nitrogens with zero attached hydrogens (tertiary/aromatic N) is 1.